The molecule has 2 heteroatoms. The van der Waals surface area contributed by atoms with Crippen molar-refractivity contribution in [3.05, 3.63) is 0 Å². The number of nitrogens with zero attached hydrogens (tertiary/aromatic N) is 1. The van der Waals surface area contributed by atoms with E-state index in [4.69, 9.17) is 0 Å². The van der Waals surface area contributed by atoms with Crippen LogP contribution in [0, 0.1) is 5.41 Å². The first-order valence-electron chi connectivity index (χ1n) is 5.53. The van der Waals surface area contributed by atoms with Crippen LogP contribution < -0.4 is 0 Å². The molecule has 0 bridgehead atoms. The Balaban J connectivity index is 1.93. The fraction of sp³-hybridized carbons (Fsp3) is 1.00. The number of rotatable bonds is 1. The highest BCUT2D eigenvalue weighted by Gasteiger charge is 2.45. The molecule has 2 rings (SSSR count). The maximum atomic E-state index is 9.37. The Hall–Kier alpha value is -0.0800. The minimum Gasteiger partial charge on any atom is -0.393 e. The van der Waals surface area contributed by atoms with E-state index in [9.17, 15) is 5.11 Å². The minimum atomic E-state index is 0.00659. The molecular weight excluding hydrogens is 162 g/mol. The largest absolute Gasteiger partial charge is 0.393 e. The summed E-state index contributed by atoms with van der Waals surface area (Å²) in [5.74, 6) is 0. The van der Waals surface area contributed by atoms with Crippen LogP contribution in [0.3, 0.4) is 0 Å². The Morgan fingerprint density at radius 2 is 2.08 bits per heavy atom. The van der Waals surface area contributed by atoms with Crippen LogP contribution in [0.2, 0.25) is 0 Å². The Labute approximate surface area is 80.9 Å². The second-order valence-corrected chi connectivity index (χ2v) is 5.23. The smallest absolute Gasteiger partial charge is 0.0551 e. The summed E-state index contributed by atoms with van der Waals surface area (Å²) in [7, 11) is 0. The van der Waals surface area contributed by atoms with Gasteiger partial charge in [0.2, 0.25) is 0 Å². The molecule has 1 saturated heterocycles. The lowest BCUT2D eigenvalue weighted by atomic mass is 9.62. The van der Waals surface area contributed by atoms with Gasteiger partial charge in [-0.1, -0.05) is 0 Å². The third kappa shape index (κ3) is 1.75. The van der Waals surface area contributed by atoms with E-state index >= 15 is 0 Å². The molecule has 0 aromatic heterocycles. The lowest BCUT2D eigenvalue weighted by Crippen LogP contribution is -2.53. The van der Waals surface area contributed by atoms with Crippen molar-refractivity contribution in [1.82, 2.24) is 4.90 Å². The molecule has 0 aromatic rings. The van der Waals surface area contributed by atoms with Gasteiger partial charge in [0.1, 0.15) is 0 Å². The molecule has 13 heavy (non-hydrogen) atoms. The van der Waals surface area contributed by atoms with Gasteiger partial charge in [-0.2, -0.15) is 0 Å². The van der Waals surface area contributed by atoms with Crippen molar-refractivity contribution in [2.24, 2.45) is 5.41 Å². The minimum absolute atomic E-state index is 0.00659. The van der Waals surface area contributed by atoms with Gasteiger partial charge in [-0.05, 0) is 51.5 Å². The summed E-state index contributed by atoms with van der Waals surface area (Å²) in [6, 6.07) is 0.676. The van der Waals surface area contributed by atoms with Gasteiger partial charge in [-0.3, -0.25) is 0 Å². The zero-order chi connectivity index (χ0) is 9.47. The number of hydrogen-bond acceptors (Lipinski definition) is 2. The number of aliphatic hydroxyl groups excluding tert-OH is 1. The van der Waals surface area contributed by atoms with E-state index in [1.165, 1.54) is 25.9 Å². The molecule has 1 aliphatic heterocycles. The van der Waals surface area contributed by atoms with Crippen molar-refractivity contribution in [3.8, 4) is 0 Å². The quantitative estimate of drug-likeness (QED) is 0.668. The predicted molar refractivity (Wildman–Crippen MR) is 53.6 cm³/mol. The molecule has 1 aliphatic carbocycles. The molecule has 2 aliphatic rings. The molecule has 1 heterocycles. The summed E-state index contributed by atoms with van der Waals surface area (Å²) in [5.41, 5.74) is 0.502. The summed E-state index contributed by atoms with van der Waals surface area (Å²) in [6.45, 7) is 7.03. The summed E-state index contributed by atoms with van der Waals surface area (Å²) in [5, 5.41) is 9.37. The Bertz CT molecular complexity index is 179. The third-order valence-electron chi connectivity index (χ3n) is 3.76. The molecule has 0 amide bonds. The molecule has 0 aromatic carbocycles. The Kier molecular flexibility index (Phi) is 2.37. The van der Waals surface area contributed by atoms with Gasteiger partial charge in [-0.15, -0.1) is 0 Å². The maximum absolute atomic E-state index is 9.37. The highest BCUT2D eigenvalue weighted by Crippen LogP contribution is 2.47. The zero-order valence-electron chi connectivity index (χ0n) is 8.79. The van der Waals surface area contributed by atoms with Crippen LogP contribution in [-0.2, 0) is 0 Å². The van der Waals surface area contributed by atoms with Crippen LogP contribution >= 0.6 is 0 Å². The van der Waals surface area contributed by atoms with Crippen molar-refractivity contribution < 1.29 is 5.11 Å². The van der Waals surface area contributed by atoms with Gasteiger partial charge >= 0.3 is 0 Å². The lowest BCUT2D eigenvalue weighted by Gasteiger charge is -2.52. The average Bonchev–Trinajstić information content (AvgIpc) is 2.02. The van der Waals surface area contributed by atoms with E-state index in [0.29, 0.717) is 11.5 Å². The number of hydrogen-bond donors (Lipinski definition) is 1. The Morgan fingerprint density at radius 3 is 2.62 bits per heavy atom. The number of aliphatic hydroxyl groups is 1. The molecule has 1 spiro atoms. The zero-order valence-corrected chi connectivity index (χ0v) is 8.79. The summed E-state index contributed by atoms with van der Waals surface area (Å²) in [6.07, 6.45) is 4.78. The van der Waals surface area contributed by atoms with E-state index < -0.39 is 0 Å². The van der Waals surface area contributed by atoms with Gasteiger partial charge in [-0.25, -0.2) is 0 Å². The number of likely N-dealkylation sites (tertiary alicyclic amines) is 1. The molecular formula is C11H21NO. The van der Waals surface area contributed by atoms with E-state index in [-0.39, 0.29) is 6.10 Å². The summed E-state index contributed by atoms with van der Waals surface area (Å²) < 4.78 is 0. The van der Waals surface area contributed by atoms with Crippen molar-refractivity contribution >= 4 is 0 Å². The van der Waals surface area contributed by atoms with E-state index in [1.54, 1.807) is 0 Å². The van der Waals surface area contributed by atoms with Crippen LogP contribution in [0.15, 0.2) is 0 Å². The van der Waals surface area contributed by atoms with Gasteiger partial charge < -0.3 is 10.0 Å². The van der Waals surface area contributed by atoms with Crippen LogP contribution in [0.4, 0.5) is 0 Å². The predicted octanol–water partition coefficient (Wildman–Crippen LogP) is 1.63. The van der Waals surface area contributed by atoms with Crippen molar-refractivity contribution in [2.45, 2.75) is 51.7 Å². The Morgan fingerprint density at radius 1 is 1.38 bits per heavy atom. The average molecular weight is 183 g/mol. The first-order valence-corrected chi connectivity index (χ1v) is 5.53. The van der Waals surface area contributed by atoms with Gasteiger partial charge in [0.05, 0.1) is 6.10 Å². The normalized spacial score (nSPS) is 41.1. The molecule has 2 fully saturated rings. The molecule has 0 unspecified atom stereocenters. The second kappa shape index (κ2) is 3.25. The highest BCUT2D eigenvalue weighted by molar-refractivity contribution is 4.98. The molecule has 0 atom stereocenters. The van der Waals surface area contributed by atoms with Gasteiger partial charge in [0.25, 0.3) is 0 Å². The second-order valence-electron chi connectivity index (χ2n) is 5.23. The maximum Gasteiger partial charge on any atom is 0.0551 e. The molecule has 1 N–H and O–H groups in total. The van der Waals surface area contributed by atoms with Crippen molar-refractivity contribution in [1.29, 1.82) is 0 Å². The van der Waals surface area contributed by atoms with Crippen molar-refractivity contribution in [3.63, 3.8) is 0 Å². The van der Waals surface area contributed by atoms with E-state index in [0.717, 1.165) is 12.8 Å². The highest BCUT2D eigenvalue weighted by atomic mass is 16.3. The molecule has 2 nitrogen and oxygen atoms in total. The first-order chi connectivity index (χ1) is 6.11. The fourth-order valence-electron chi connectivity index (χ4n) is 2.96. The van der Waals surface area contributed by atoms with Crippen LogP contribution in [0.5, 0.6) is 0 Å². The van der Waals surface area contributed by atoms with Crippen LogP contribution in [0.1, 0.15) is 39.5 Å². The fourth-order valence-corrected chi connectivity index (χ4v) is 2.96. The van der Waals surface area contributed by atoms with Gasteiger partial charge in [0.15, 0.2) is 0 Å². The standard InChI is InChI=1S/C11H21NO/c1-9(2)12-5-3-4-11(8-12)6-10(13)7-11/h9-10,13H,3-8H2,1-2H3. The van der Waals surface area contributed by atoms with E-state index in [1.807, 2.05) is 0 Å². The molecule has 0 radical (unpaired) electrons. The molecule has 1 saturated carbocycles. The summed E-state index contributed by atoms with van der Waals surface area (Å²) >= 11 is 0. The molecule has 76 valence electrons. The van der Waals surface area contributed by atoms with Crippen LogP contribution in [-0.4, -0.2) is 35.2 Å². The monoisotopic (exact) mass is 183 g/mol. The topological polar surface area (TPSA) is 23.5 Å². The first kappa shape index (κ1) is 9.47. The SMILES string of the molecule is CC(C)N1CCCC2(CC(O)C2)C1. The van der Waals surface area contributed by atoms with E-state index in [2.05, 4.69) is 18.7 Å². The van der Waals surface area contributed by atoms with Crippen molar-refractivity contribution in [2.75, 3.05) is 13.1 Å². The lowest BCUT2D eigenvalue weighted by molar-refractivity contribution is -0.0797. The summed E-state index contributed by atoms with van der Waals surface area (Å²) in [4.78, 5) is 2.56. The van der Waals surface area contributed by atoms with Crippen LogP contribution in [0.25, 0.3) is 0 Å². The third-order valence-corrected chi connectivity index (χ3v) is 3.76. The number of piperidine rings is 1. The van der Waals surface area contributed by atoms with Gasteiger partial charge in [0, 0.05) is 12.6 Å².